The van der Waals surface area contributed by atoms with E-state index in [1.807, 2.05) is 31.2 Å². The van der Waals surface area contributed by atoms with Crippen LogP contribution in [0, 0.1) is 0 Å². The molecule has 1 aromatic carbocycles. The smallest absolute Gasteiger partial charge is 0.124 e. The molecule has 0 fully saturated rings. The summed E-state index contributed by atoms with van der Waals surface area (Å²) in [4.78, 5) is 0. The molecule has 1 rings (SSSR count). The van der Waals surface area contributed by atoms with Crippen LogP contribution in [-0.4, -0.2) is 6.61 Å². The van der Waals surface area contributed by atoms with Gasteiger partial charge in [0.15, 0.2) is 0 Å². The number of hydrazine groups is 1. The third-order valence-electron chi connectivity index (χ3n) is 2.20. The van der Waals surface area contributed by atoms with Gasteiger partial charge in [0.1, 0.15) is 5.75 Å². The van der Waals surface area contributed by atoms with E-state index >= 15 is 0 Å². The quantitative estimate of drug-likeness (QED) is 0.556. The molecule has 3 N–H and O–H groups in total. The molecule has 1 atom stereocenters. The van der Waals surface area contributed by atoms with Gasteiger partial charge >= 0.3 is 0 Å². The first-order chi connectivity index (χ1) is 6.83. The van der Waals surface area contributed by atoms with Crippen molar-refractivity contribution < 1.29 is 4.74 Å². The molecule has 0 heterocycles. The van der Waals surface area contributed by atoms with Gasteiger partial charge in [-0.2, -0.15) is 0 Å². The van der Waals surface area contributed by atoms with Gasteiger partial charge in [-0.3, -0.25) is 11.3 Å². The first kappa shape index (κ1) is 11.0. The lowest BCUT2D eigenvalue weighted by Gasteiger charge is -2.17. The molecule has 0 saturated carbocycles. The maximum atomic E-state index is 5.53. The van der Waals surface area contributed by atoms with Crippen molar-refractivity contribution in [1.82, 2.24) is 5.43 Å². The molecule has 0 saturated heterocycles. The third kappa shape index (κ3) is 2.47. The Morgan fingerprint density at radius 1 is 1.36 bits per heavy atom. The van der Waals surface area contributed by atoms with Gasteiger partial charge in [-0.05, 0) is 19.4 Å². The van der Waals surface area contributed by atoms with E-state index in [0.29, 0.717) is 6.61 Å². The zero-order chi connectivity index (χ0) is 10.4. The van der Waals surface area contributed by atoms with Crippen LogP contribution in [0.4, 0.5) is 0 Å². The van der Waals surface area contributed by atoms with Crippen molar-refractivity contribution in [3.63, 3.8) is 0 Å². The Morgan fingerprint density at radius 3 is 2.64 bits per heavy atom. The monoisotopic (exact) mass is 194 g/mol. The summed E-state index contributed by atoms with van der Waals surface area (Å²) >= 11 is 0. The van der Waals surface area contributed by atoms with Gasteiger partial charge < -0.3 is 4.74 Å². The minimum Gasteiger partial charge on any atom is -0.494 e. The molecule has 78 valence electrons. The summed E-state index contributed by atoms with van der Waals surface area (Å²) in [6, 6.07) is 8.14. The van der Waals surface area contributed by atoms with Gasteiger partial charge in [0.05, 0.1) is 6.61 Å². The van der Waals surface area contributed by atoms with Crippen LogP contribution in [-0.2, 0) is 0 Å². The summed E-state index contributed by atoms with van der Waals surface area (Å²) in [6.07, 6.45) is 0.945. The average Bonchev–Trinajstić information content (AvgIpc) is 2.23. The maximum absolute atomic E-state index is 5.53. The first-order valence-corrected chi connectivity index (χ1v) is 5.01. The van der Waals surface area contributed by atoms with E-state index in [4.69, 9.17) is 10.6 Å². The van der Waals surface area contributed by atoms with E-state index in [1.54, 1.807) is 0 Å². The minimum atomic E-state index is 0.165. The van der Waals surface area contributed by atoms with Gasteiger partial charge in [0.2, 0.25) is 0 Å². The van der Waals surface area contributed by atoms with Crippen molar-refractivity contribution in [1.29, 1.82) is 0 Å². The zero-order valence-electron chi connectivity index (χ0n) is 8.79. The fraction of sp³-hybridized carbons (Fsp3) is 0.455. The van der Waals surface area contributed by atoms with Gasteiger partial charge in [0.25, 0.3) is 0 Å². The Hall–Kier alpha value is -1.06. The van der Waals surface area contributed by atoms with Crippen molar-refractivity contribution in [2.75, 3.05) is 6.61 Å². The molecule has 0 bridgehead atoms. The first-order valence-electron chi connectivity index (χ1n) is 5.01. The van der Waals surface area contributed by atoms with E-state index < -0.39 is 0 Å². The van der Waals surface area contributed by atoms with Gasteiger partial charge in [-0.15, -0.1) is 0 Å². The van der Waals surface area contributed by atoms with Crippen LogP contribution in [0.25, 0.3) is 0 Å². The Bertz CT molecular complexity index is 272. The molecule has 3 heteroatoms. The summed E-state index contributed by atoms with van der Waals surface area (Å²) in [6.45, 7) is 4.75. The molecule has 1 unspecified atom stereocenters. The number of hydrogen-bond donors (Lipinski definition) is 2. The largest absolute Gasteiger partial charge is 0.494 e. The fourth-order valence-corrected chi connectivity index (χ4v) is 1.48. The standard InChI is InChI=1S/C11H18N2O/c1-3-10(13-12)9-7-5-6-8-11(9)14-4-2/h5-8,10,13H,3-4,12H2,1-2H3. The minimum absolute atomic E-state index is 0.165. The topological polar surface area (TPSA) is 47.3 Å². The molecule has 0 aromatic heterocycles. The Balaban J connectivity index is 2.92. The number of nitrogens with two attached hydrogens (primary N) is 1. The van der Waals surface area contributed by atoms with E-state index in [0.717, 1.165) is 17.7 Å². The number of rotatable bonds is 5. The molecule has 0 aliphatic heterocycles. The number of para-hydroxylation sites is 1. The highest BCUT2D eigenvalue weighted by molar-refractivity contribution is 5.35. The second kappa shape index (κ2) is 5.62. The highest BCUT2D eigenvalue weighted by Crippen LogP contribution is 2.26. The Labute approximate surface area is 85.2 Å². The normalized spacial score (nSPS) is 12.5. The van der Waals surface area contributed by atoms with E-state index in [9.17, 15) is 0 Å². The van der Waals surface area contributed by atoms with Crippen LogP contribution in [0.3, 0.4) is 0 Å². The lowest BCUT2D eigenvalue weighted by Crippen LogP contribution is -2.27. The van der Waals surface area contributed by atoms with Crippen LogP contribution in [0.1, 0.15) is 31.9 Å². The van der Waals surface area contributed by atoms with Crippen LogP contribution in [0.15, 0.2) is 24.3 Å². The Kier molecular flexibility index (Phi) is 4.43. The van der Waals surface area contributed by atoms with Crippen LogP contribution in [0.2, 0.25) is 0 Å². The molecular formula is C11H18N2O. The van der Waals surface area contributed by atoms with Crippen molar-refractivity contribution in [2.24, 2.45) is 5.84 Å². The molecule has 0 radical (unpaired) electrons. The maximum Gasteiger partial charge on any atom is 0.124 e. The molecule has 0 aliphatic carbocycles. The number of benzene rings is 1. The van der Waals surface area contributed by atoms with E-state index in [2.05, 4.69) is 12.3 Å². The number of hydrogen-bond acceptors (Lipinski definition) is 3. The molecule has 1 aromatic rings. The second-order valence-corrected chi connectivity index (χ2v) is 3.10. The Morgan fingerprint density at radius 2 is 2.07 bits per heavy atom. The van der Waals surface area contributed by atoms with Crippen LogP contribution >= 0.6 is 0 Å². The highest BCUT2D eigenvalue weighted by Gasteiger charge is 2.11. The second-order valence-electron chi connectivity index (χ2n) is 3.10. The average molecular weight is 194 g/mol. The van der Waals surface area contributed by atoms with Crippen molar-refractivity contribution >= 4 is 0 Å². The van der Waals surface area contributed by atoms with Crippen LogP contribution < -0.4 is 16.0 Å². The molecular weight excluding hydrogens is 176 g/mol. The molecule has 0 amide bonds. The van der Waals surface area contributed by atoms with Gasteiger partial charge in [-0.25, -0.2) is 0 Å². The number of nitrogens with one attached hydrogen (secondary N) is 1. The summed E-state index contributed by atoms with van der Waals surface area (Å²) in [7, 11) is 0. The third-order valence-corrected chi connectivity index (χ3v) is 2.20. The molecule has 3 nitrogen and oxygen atoms in total. The summed E-state index contributed by atoms with van der Waals surface area (Å²) in [5.41, 5.74) is 3.91. The van der Waals surface area contributed by atoms with Crippen molar-refractivity contribution in [3.8, 4) is 5.75 Å². The van der Waals surface area contributed by atoms with E-state index in [1.165, 1.54) is 0 Å². The zero-order valence-corrected chi connectivity index (χ0v) is 8.79. The van der Waals surface area contributed by atoms with E-state index in [-0.39, 0.29) is 6.04 Å². The van der Waals surface area contributed by atoms with Crippen molar-refractivity contribution in [2.45, 2.75) is 26.3 Å². The lowest BCUT2D eigenvalue weighted by atomic mass is 10.0. The van der Waals surface area contributed by atoms with Crippen molar-refractivity contribution in [3.05, 3.63) is 29.8 Å². The molecule has 14 heavy (non-hydrogen) atoms. The summed E-state index contributed by atoms with van der Waals surface area (Å²) in [5.74, 6) is 6.39. The van der Waals surface area contributed by atoms with Gasteiger partial charge in [0, 0.05) is 11.6 Å². The molecule has 0 spiro atoms. The predicted octanol–water partition coefficient (Wildman–Crippen LogP) is 2.00. The lowest BCUT2D eigenvalue weighted by molar-refractivity contribution is 0.330. The summed E-state index contributed by atoms with van der Waals surface area (Å²) in [5, 5.41) is 0. The summed E-state index contributed by atoms with van der Waals surface area (Å²) < 4.78 is 5.53. The fourth-order valence-electron chi connectivity index (χ4n) is 1.48. The predicted molar refractivity (Wildman–Crippen MR) is 58.0 cm³/mol. The van der Waals surface area contributed by atoms with Gasteiger partial charge in [-0.1, -0.05) is 25.1 Å². The highest BCUT2D eigenvalue weighted by atomic mass is 16.5. The number of ether oxygens (including phenoxy) is 1. The SMILES string of the molecule is CCOc1ccccc1C(CC)NN. The van der Waals surface area contributed by atoms with Crippen LogP contribution in [0.5, 0.6) is 5.75 Å². The molecule has 0 aliphatic rings.